The molecule has 1 heterocycles. The van der Waals surface area contributed by atoms with Crippen molar-refractivity contribution < 1.29 is 17.9 Å². The Morgan fingerprint density at radius 3 is 2.71 bits per heavy atom. The Morgan fingerprint density at radius 2 is 2.18 bits per heavy atom. The van der Waals surface area contributed by atoms with E-state index in [2.05, 4.69) is 4.98 Å². The van der Waals surface area contributed by atoms with Crippen LogP contribution in [0.5, 0.6) is 5.88 Å². The van der Waals surface area contributed by atoms with Gasteiger partial charge in [-0.1, -0.05) is 0 Å². The largest absolute Gasteiger partial charge is 0.477 e. The number of halogens is 3. The van der Waals surface area contributed by atoms with E-state index in [0.29, 0.717) is 5.56 Å². The Hall–Kier alpha value is -1.79. The predicted octanol–water partition coefficient (Wildman–Crippen LogP) is 2.01. The number of hydrogen-bond acceptors (Lipinski definition) is 3. The standard InChI is InChI=1S/C10H12F3N3O/c1-6-2-4-16-9(7(6)8(14)15)17-5-3-10(11,12)13/h2,4H,3,5H2,1H3,(H3,14,15). The SMILES string of the molecule is Cc1ccnc(OCCC(F)(F)F)c1C(=N)N. The average molecular weight is 247 g/mol. The van der Waals surface area contributed by atoms with E-state index >= 15 is 0 Å². The monoisotopic (exact) mass is 247 g/mol. The van der Waals surface area contributed by atoms with Gasteiger partial charge in [-0.15, -0.1) is 0 Å². The molecule has 0 aliphatic rings. The highest BCUT2D eigenvalue weighted by atomic mass is 19.4. The van der Waals surface area contributed by atoms with Gasteiger partial charge in [-0.2, -0.15) is 13.2 Å². The lowest BCUT2D eigenvalue weighted by Gasteiger charge is -2.12. The van der Waals surface area contributed by atoms with Crippen LogP contribution in [0, 0.1) is 12.3 Å². The summed E-state index contributed by atoms with van der Waals surface area (Å²) in [5.41, 5.74) is 6.18. The zero-order chi connectivity index (χ0) is 13.1. The molecule has 0 atom stereocenters. The van der Waals surface area contributed by atoms with E-state index in [9.17, 15) is 13.2 Å². The second-order valence-corrected chi connectivity index (χ2v) is 3.44. The number of nitrogens with one attached hydrogen (secondary N) is 1. The van der Waals surface area contributed by atoms with Gasteiger partial charge in [0, 0.05) is 6.20 Å². The highest BCUT2D eigenvalue weighted by molar-refractivity contribution is 5.98. The summed E-state index contributed by atoms with van der Waals surface area (Å²) in [6.07, 6.45) is -3.95. The van der Waals surface area contributed by atoms with E-state index in [1.165, 1.54) is 6.20 Å². The fraction of sp³-hybridized carbons (Fsp3) is 0.400. The summed E-state index contributed by atoms with van der Waals surface area (Å²) in [5, 5.41) is 7.31. The Morgan fingerprint density at radius 1 is 1.53 bits per heavy atom. The summed E-state index contributed by atoms with van der Waals surface area (Å²) in [6, 6.07) is 1.60. The number of pyridine rings is 1. The molecule has 1 aromatic rings. The van der Waals surface area contributed by atoms with Crippen molar-refractivity contribution in [3.63, 3.8) is 0 Å². The van der Waals surface area contributed by atoms with E-state index in [-0.39, 0.29) is 17.3 Å². The molecule has 0 bridgehead atoms. The minimum Gasteiger partial charge on any atom is -0.477 e. The van der Waals surface area contributed by atoms with Crippen molar-refractivity contribution in [2.75, 3.05) is 6.61 Å². The molecule has 0 amide bonds. The molecular weight excluding hydrogens is 235 g/mol. The molecule has 1 rings (SSSR count). The third-order valence-electron chi connectivity index (χ3n) is 2.02. The summed E-state index contributed by atoms with van der Waals surface area (Å²) >= 11 is 0. The fourth-order valence-corrected chi connectivity index (χ4v) is 1.23. The molecule has 4 nitrogen and oxygen atoms in total. The van der Waals surface area contributed by atoms with Crippen LogP contribution >= 0.6 is 0 Å². The van der Waals surface area contributed by atoms with Gasteiger partial charge >= 0.3 is 6.18 Å². The topological polar surface area (TPSA) is 72.0 Å². The summed E-state index contributed by atoms with van der Waals surface area (Å²) in [5.74, 6) is -0.320. The van der Waals surface area contributed by atoms with Crippen molar-refractivity contribution in [3.8, 4) is 5.88 Å². The number of nitrogens with zero attached hydrogens (tertiary/aromatic N) is 1. The number of aryl methyl sites for hydroxylation is 1. The van der Waals surface area contributed by atoms with Crippen LogP contribution in [-0.2, 0) is 0 Å². The Balaban J connectivity index is 2.78. The van der Waals surface area contributed by atoms with Crippen molar-refractivity contribution in [2.24, 2.45) is 5.73 Å². The van der Waals surface area contributed by atoms with Gasteiger partial charge in [0.05, 0.1) is 18.6 Å². The van der Waals surface area contributed by atoms with Crippen LogP contribution in [0.4, 0.5) is 13.2 Å². The van der Waals surface area contributed by atoms with Crippen LogP contribution in [-0.4, -0.2) is 23.6 Å². The smallest absolute Gasteiger partial charge is 0.392 e. The molecule has 1 aromatic heterocycles. The van der Waals surface area contributed by atoms with Crippen molar-refractivity contribution in [1.29, 1.82) is 5.41 Å². The average Bonchev–Trinajstić information content (AvgIpc) is 2.14. The first kappa shape index (κ1) is 13.3. The van der Waals surface area contributed by atoms with Crippen LogP contribution in [0.3, 0.4) is 0 Å². The molecule has 0 saturated heterocycles. The third-order valence-corrected chi connectivity index (χ3v) is 2.02. The second kappa shape index (κ2) is 5.03. The van der Waals surface area contributed by atoms with Crippen molar-refractivity contribution in [1.82, 2.24) is 4.98 Å². The van der Waals surface area contributed by atoms with Gasteiger partial charge in [-0.25, -0.2) is 4.98 Å². The number of ether oxygens (including phenoxy) is 1. The van der Waals surface area contributed by atoms with Gasteiger partial charge in [-0.05, 0) is 18.6 Å². The highest BCUT2D eigenvalue weighted by Crippen LogP contribution is 2.22. The maximum Gasteiger partial charge on any atom is 0.392 e. The zero-order valence-corrected chi connectivity index (χ0v) is 9.14. The summed E-state index contributed by atoms with van der Waals surface area (Å²) in [6.45, 7) is 1.13. The first-order valence-corrected chi connectivity index (χ1v) is 4.81. The minimum atomic E-state index is -4.28. The summed E-state index contributed by atoms with van der Waals surface area (Å²) in [4.78, 5) is 3.77. The Kier molecular flexibility index (Phi) is 3.93. The Labute approximate surface area is 96.1 Å². The van der Waals surface area contributed by atoms with Crippen LogP contribution in [0.2, 0.25) is 0 Å². The quantitative estimate of drug-likeness (QED) is 0.631. The summed E-state index contributed by atoms with van der Waals surface area (Å²) < 4.78 is 40.7. The van der Waals surface area contributed by atoms with Gasteiger partial charge in [0.25, 0.3) is 0 Å². The molecule has 17 heavy (non-hydrogen) atoms. The lowest BCUT2D eigenvalue weighted by Crippen LogP contribution is -2.18. The Bertz CT molecular complexity index is 418. The van der Waals surface area contributed by atoms with E-state index in [0.717, 1.165) is 0 Å². The van der Waals surface area contributed by atoms with Crippen LogP contribution in [0.15, 0.2) is 12.3 Å². The van der Waals surface area contributed by atoms with E-state index in [4.69, 9.17) is 15.9 Å². The van der Waals surface area contributed by atoms with Crippen LogP contribution < -0.4 is 10.5 Å². The second-order valence-electron chi connectivity index (χ2n) is 3.44. The first-order chi connectivity index (χ1) is 7.81. The third kappa shape index (κ3) is 3.93. The predicted molar refractivity (Wildman–Crippen MR) is 56.2 cm³/mol. The molecule has 0 saturated carbocycles. The van der Waals surface area contributed by atoms with Gasteiger partial charge in [0.15, 0.2) is 0 Å². The lowest BCUT2D eigenvalue weighted by molar-refractivity contribution is -0.139. The number of nitrogens with two attached hydrogens (primary N) is 1. The molecule has 0 fully saturated rings. The van der Waals surface area contributed by atoms with Crippen molar-refractivity contribution >= 4 is 5.84 Å². The number of nitrogen functional groups attached to an aromatic ring is 1. The molecule has 0 aliphatic carbocycles. The number of amidine groups is 1. The van der Waals surface area contributed by atoms with Gasteiger partial charge in [0.2, 0.25) is 5.88 Å². The molecule has 94 valence electrons. The molecule has 0 spiro atoms. The number of rotatable bonds is 4. The van der Waals surface area contributed by atoms with Crippen molar-refractivity contribution in [3.05, 3.63) is 23.4 Å². The lowest BCUT2D eigenvalue weighted by atomic mass is 10.1. The molecule has 0 aliphatic heterocycles. The minimum absolute atomic E-state index is 0.0400. The summed E-state index contributed by atoms with van der Waals surface area (Å²) in [7, 11) is 0. The molecule has 7 heteroatoms. The maximum atomic E-state index is 11.9. The van der Waals surface area contributed by atoms with E-state index in [1.807, 2.05) is 0 Å². The number of alkyl halides is 3. The molecular formula is C10H12F3N3O. The van der Waals surface area contributed by atoms with Crippen LogP contribution in [0.25, 0.3) is 0 Å². The normalized spacial score (nSPS) is 11.3. The van der Waals surface area contributed by atoms with Crippen LogP contribution in [0.1, 0.15) is 17.5 Å². The van der Waals surface area contributed by atoms with E-state index < -0.39 is 19.2 Å². The molecule has 0 unspecified atom stereocenters. The van der Waals surface area contributed by atoms with Gasteiger partial charge in [0.1, 0.15) is 5.84 Å². The van der Waals surface area contributed by atoms with Crippen molar-refractivity contribution in [2.45, 2.75) is 19.5 Å². The molecule has 0 radical (unpaired) electrons. The highest BCUT2D eigenvalue weighted by Gasteiger charge is 2.27. The van der Waals surface area contributed by atoms with Gasteiger partial charge < -0.3 is 10.5 Å². The van der Waals surface area contributed by atoms with E-state index in [1.54, 1.807) is 13.0 Å². The number of aromatic nitrogens is 1. The zero-order valence-electron chi connectivity index (χ0n) is 9.14. The van der Waals surface area contributed by atoms with Gasteiger partial charge in [-0.3, -0.25) is 5.41 Å². The maximum absolute atomic E-state index is 11.9. The number of hydrogen-bond donors (Lipinski definition) is 2. The molecule has 0 aromatic carbocycles. The molecule has 3 N–H and O–H groups in total. The fourth-order valence-electron chi connectivity index (χ4n) is 1.23. The first-order valence-electron chi connectivity index (χ1n) is 4.81.